The molecule has 0 aliphatic carbocycles. The molecule has 2 aromatic rings. The largest absolute Gasteiger partial charge is 0.499 e. The smallest absolute Gasteiger partial charge is 0.352 e. The SMILES string of the molecule is O=C(O)Cn1nnnc1SCC1=C(C(=O)O)N2C(=O)C(NC(=O)Cc3ccsc3O)[C@H]2SC1. The van der Waals surface area contributed by atoms with Crippen molar-refractivity contribution in [3.63, 3.8) is 0 Å². The zero-order chi connectivity index (χ0) is 23.7. The van der Waals surface area contributed by atoms with Gasteiger partial charge < -0.3 is 20.6 Å². The van der Waals surface area contributed by atoms with Crippen LogP contribution in [0.25, 0.3) is 0 Å². The summed E-state index contributed by atoms with van der Waals surface area (Å²) < 4.78 is 1.08. The van der Waals surface area contributed by atoms with Gasteiger partial charge in [0.2, 0.25) is 11.1 Å². The van der Waals surface area contributed by atoms with Crippen molar-refractivity contribution in [3.8, 4) is 5.06 Å². The van der Waals surface area contributed by atoms with Crippen LogP contribution in [0.1, 0.15) is 5.56 Å². The minimum absolute atomic E-state index is 0.0337. The van der Waals surface area contributed by atoms with Crippen molar-refractivity contribution in [2.45, 2.75) is 29.5 Å². The normalized spacial score (nSPS) is 19.8. The summed E-state index contributed by atoms with van der Waals surface area (Å²) in [5.41, 5.74) is 0.752. The first-order chi connectivity index (χ1) is 15.8. The maximum absolute atomic E-state index is 12.7. The van der Waals surface area contributed by atoms with Crippen molar-refractivity contribution >= 4 is 58.6 Å². The zero-order valence-corrected chi connectivity index (χ0v) is 19.0. The first kappa shape index (κ1) is 23.1. The fraction of sp³-hybridized carbons (Fsp3) is 0.353. The quantitative estimate of drug-likeness (QED) is 0.252. The van der Waals surface area contributed by atoms with E-state index in [1.807, 2.05) is 0 Å². The average molecular weight is 513 g/mol. The number of thiophene rings is 1. The number of β-lactam (4-membered cyclic amide) rings is 1. The highest BCUT2D eigenvalue weighted by atomic mass is 32.2. The number of carboxylic acids is 2. The van der Waals surface area contributed by atoms with Crippen molar-refractivity contribution in [3.05, 3.63) is 28.3 Å². The lowest BCUT2D eigenvalue weighted by molar-refractivity contribution is -0.150. The molecule has 33 heavy (non-hydrogen) atoms. The number of hydrogen-bond donors (Lipinski definition) is 4. The second-order valence-corrected chi connectivity index (χ2v) is 9.88. The van der Waals surface area contributed by atoms with Crippen LogP contribution < -0.4 is 5.32 Å². The molecule has 16 heteroatoms. The Morgan fingerprint density at radius 2 is 2.09 bits per heavy atom. The maximum atomic E-state index is 12.7. The fourth-order valence-electron chi connectivity index (χ4n) is 3.33. The van der Waals surface area contributed by atoms with Gasteiger partial charge >= 0.3 is 11.9 Å². The van der Waals surface area contributed by atoms with Crippen LogP contribution in [0.15, 0.2) is 27.9 Å². The summed E-state index contributed by atoms with van der Waals surface area (Å²) in [5.74, 6) is -2.96. The number of aliphatic carboxylic acids is 2. The fourth-order valence-corrected chi connectivity index (χ4v) is 6.35. The summed E-state index contributed by atoms with van der Waals surface area (Å²) in [4.78, 5) is 49.0. The minimum Gasteiger partial charge on any atom is -0.499 e. The third-order valence-electron chi connectivity index (χ3n) is 4.80. The summed E-state index contributed by atoms with van der Waals surface area (Å²) in [6, 6.07) is 0.751. The zero-order valence-electron chi connectivity index (χ0n) is 16.6. The highest BCUT2D eigenvalue weighted by Crippen LogP contribution is 2.41. The second kappa shape index (κ2) is 9.40. The van der Waals surface area contributed by atoms with Crippen LogP contribution >= 0.6 is 34.9 Å². The van der Waals surface area contributed by atoms with Gasteiger partial charge in [-0.05, 0) is 27.4 Å². The highest BCUT2D eigenvalue weighted by molar-refractivity contribution is 8.01. The van der Waals surface area contributed by atoms with Crippen LogP contribution in [0, 0.1) is 0 Å². The molecule has 1 fully saturated rings. The molecule has 0 aromatic carbocycles. The number of nitrogens with zero attached hydrogens (tertiary/aromatic N) is 5. The third kappa shape index (κ3) is 4.67. The Kier molecular flexibility index (Phi) is 6.57. The van der Waals surface area contributed by atoms with Gasteiger partial charge in [0.15, 0.2) is 5.06 Å². The summed E-state index contributed by atoms with van der Waals surface area (Å²) in [6.07, 6.45) is -0.0922. The van der Waals surface area contributed by atoms with Gasteiger partial charge in [-0.3, -0.25) is 19.3 Å². The molecule has 0 spiro atoms. The standard InChI is InChI=1S/C17H16N6O7S3/c24-9(3-7-1-2-31-16(7)30)18-11-13(27)23-12(15(28)29)8(5-32-14(11)23)6-33-17-19-20-21-22(17)4-10(25)26/h1-2,11,14,30H,3-6H2,(H,18,24)(H,25,26)(H,28,29)/t11?,14-/m1/s1. The van der Waals surface area contributed by atoms with Gasteiger partial charge in [0.1, 0.15) is 23.7 Å². The van der Waals surface area contributed by atoms with E-state index in [-0.39, 0.29) is 28.1 Å². The van der Waals surface area contributed by atoms with Crippen LogP contribution in [0.5, 0.6) is 5.06 Å². The van der Waals surface area contributed by atoms with Crippen molar-refractivity contribution in [1.29, 1.82) is 0 Å². The minimum atomic E-state index is -1.28. The van der Waals surface area contributed by atoms with Gasteiger partial charge in [-0.25, -0.2) is 9.48 Å². The Balaban J connectivity index is 1.44. The molecule has 4 N–H and O–H groups in total. The molecule has 1 saturated heterocycles. The van der Waals surface area contributed by atoms with Crippen molar-refractivity contribution in [1.82, 2.24) is 30.4 Å². The predicted molar refractivity (Wildman–Crippen MR) is 116 cm³/mol. The molecule has 0 radical (unpaired) electrons. The Hall–Kier alpha value is -3.11. The number of nitrogens with one attached hydrogen (secondary N) is 1. The lowest BCUT2D eigenvalue weighted by atomic mass is 10.0. The van der Waals surface area contributed by atoms with E-state index in [1.165, 1.54) is 11.8 Å². The molecule has 2 atom stereocenters. The Morgan fingerprint density at radius 1 is 1.30 bits per heavy atom. The van der Waals surface area contributed by atoms with E-state index < -0.39 is 41.7 Å². The summed E-state index contributed by atoms with van der Waals surface area (Å²) in [5, 5.41) is 43.1. The third-order valence-corrected chi connectivity index (χ3v) is 7.94. The molecular formula is C17H16N6O7S3. The predicted octanol–water partition coefficient (Wildman–Crippen LogP) is -0.402. The number of hydrogen-bond acceptors (Lipinski definition) is 11. The van der Waals surface area contributed by atoms with E-state index in [2.05, 4.69) is 20.8 Å². The van der Waals surface area contributed by atoms with Crippen molar-refractivity contribution in [2.24, 2.45) is 0 Å². The van der Waals surface area contributed by atoms with Crippen LogP contribution in [0.4, 0.5) is 0 Å². The van der Waals surface area contributed by atoms with Gasteiger partial charge in [0.05, 0.1) is 6.42 Å². The molecule has 2 aliphatic heterocycles. The number of carboxylic acid groups (broad SMARTS) is 2. The molecule has 13 nitrogen and oxygen atoms in total. The van der Waals surface area contributed by atoms with Crippen LogP contribution in [-0.2, 0) is 32.1 Å². The monoisotopic (exact) mass is 512 g/mol. The molecule has 0 bridgehead atoms. The number of carbonyl (C=O) groups is 4. The lowest BCUT2D eigenvalue weighted by Crippen LogP contribution is -2.70. The highest BCUT2D eigenvalue weighted by Gasteiger charge is 2.54. The van der Waals surface area contributed by atoms with E-state index in [1.54, 1.807) is 11.4 Å². The number of tetrazole rings is 1. The van der Waals surface area contributed by atoms with Gasteiger partial charge in [-0.1, -0.05) is 11.8 Å². The number of aromatic hydroxyl groups is 1. The molecule has 1 unspecified atom stereocenters. The molecule has 0 saturated carbocycles. The molecule has 4 heterocycles. The summed E-state index contributed by atoms with van der Waals surface area (Å²) >= 11 is 3.48. The Morgan fingerprint density at radius 3 is 2.76 bits per heavy atom. The topological polar surface area (TPSA) is 188 Å². The van der Waals surface area contributed by atoms with E-state index in [9.17, 15) is 29.4 Å². The van der Waals surface area contributed by atoms with Gasteiger partial charge in [0.25, 0.3) is 5.91 Å². The Bertz CT molecular complexity index is 1160. The van der Waals surface area contributed by atoms with Crippen LogP contribution in [0.2, 0.25) is 0 Å². The maximum Gasteiger partial charge on any atom is 0.352 e. The van der Waals surface area contributed by atoms with Crippen LogP contribution in [0.3, 0.4) is 0 Å². The van der Waals surface area contributed by atoms with Gasteiger partial charge in [0, 0.05) is 17.1 Å². The first-order valence-electron chi connectivity index (χ1n) is 9.31. The second-order valence-electron chi connectivity index (χ2n) is 6.94. The first-order valence-corrected chi connectivity index (χ1v) is 12.2. The number of rotatable bonds is 9. The van der Waals surface area contributed by atoms with E-state index in [0.717, 1.165) is 32.7 Å². The number of thioether (sulfide) groups is 2. The van der Waals surface area contributed by atoms with Crippen molar-refractivity contribution in [2.75, 3.05) is 11.5 Å². The number of carbonyl (C=O) groups excluding carboxylic acids is 2. The summed E-state index contributed by atoms with van der Waals surface area (Å²) in [7, 11) is 0. The average Bonchev–Trinajstić information content (AvgIpc) is 3.37. The summed E-state index contributed by atoms with van der Waals surface area (Å²) in [6.45, 7) is -0.438. The van der Waals surface area contributed by atoms with Gasteiger partial charge in [-0.15, -0.1) is 28.2 Å². The Labute approximate surface area is 197 Å². The molecule has 2 amide bonds. The van der Waals surface area contributed by atoms with E-state index >= 15 is 0 Å². The van der Waals surface area contributed by atoms with E-state index in [0.29, 0.717) is 16.9 Å². The number of aromatic nitrogens is 4. The number of fused-ring (bicyclic) bond motifs is 1. The molecule has 2 aromatic heterocycles. The van der Waals surface area contributed by atoms with E-state index in [4.69, 9.17) is 5.11 Å². The number of amides is 2. The van der Waals surface area contributed by atoms with Gasteiger partial charge in [-0.2, -0.15) is 0 Å². The van der Waals surface area contributed by atoms with Crippen molar-refractivity contribution < 1.29 is 34.5 Å². The lowest BCUT2D eigenvalue weighted by Gasteiger charge is -2.49. The molecular weight excluding hydrogens is 496 g/mol. The van der Waals surface area contributed by atoms with Crippen LogP contribution in [-0.4, -0.2) is 87.1 Å². The molecule has 174 valence electrons. The molecule has 4 rings (SSSR count). The molecule has 2 aliphatic rings.